The van der Waals surface area contributed by atoms with Gasteiger partial charge >= 0.3 is 23.6 Å². The molecule has 2 fully saturated rings. The molecule has 0 saturated carbocycles. The number of fused-ring (bicyclic) bond motifs is 2. The van der Waals surface area contributed by atoms with Gasteiger partial charge in [0, 0.05) is 46.5 Å². The smallest absolute Gasteiger partial charge is 0.485 e. The number of halogens is 6. The first-order chi connectivity index (χ1) is 39.0. The van der Waals surface area contributed by atoms with E-state index in [1.54, 1.807) is 10.8 Å². The molecule has 0 radical (unpaired) electrons. The number of aromatic nitrogens is 4. The van der Waals surface area contributed by atoms with Gasteiger partial charge in [0.05, 0.1) is 21.9 Å². The fraction of sp³-hybridized carbons (Fsp3) is 0.267. The number of oxime groups is 2. The van der Waals surface area contributed by atoms with Gasteiger partial charge in [0.1, 0.15) is 54.0 Å². The topological polar surface area (TPSA) is 400 Å². The summed E-state index contributed by atoms with van der Waals surface area (Å²) in [5.74, 6) is -6.90. The molecule has 4 aromatic heterocycles. The molecule has 8 heterocycles. The van der Waals surface area contributed by atoms with Gasteiger partial charge in [-0.3, -0.25) is 29.0 Å². The van der Waals surface area contributed by atoms with Crippen LogP contribution in [0.3, 0.4) is 0 Å². The van der Waals surface area contributed by atoms with Crippen LogP contribution in [0.1, 0.15) is 11.4 Å². The number of thiazole rings is 2. The Morgan fingerprint density at radius 2 is 1.06 bits per heavy atom. The number of nitrogen functional groups attached to an aromatic ring is 2. The molecule has 8 rings (SSSR count). The lowest BCUT2D eigenvalue weighted by atomic mass is 9.94. The number of rotatable bonds is 18. The Morgan fingerprint density at radius 3 is 1.33 bits per heavy atom. The van der Waals surface area contributed by atoms with Gasteiger partial charge in [0.25, 0.3) is 23.6 Å². The van der Waals surface area contributed by atoms with Gasteiger partial charge in [-0.25, -0.2) is 37.1 Å². The number of alkyl halides is 6. The summed E-state index contributed by atoms with van der Waals surface area (Å²) in [6.07, 6.45) is 5.01. The van der Waals surface area contributed by atoms with Crippen LogP contribution in [-0.4, -0.2) is 156 Å². The zero-order chi connectivity index (χ0) is 61.6. The van der Waals surface area contributed by atoms with Crippen LogP contribution in [0.4, 0.5) is 36.6 Å². The van der Waals surface area contributed by atoms with E-state index in [1.807, 2.05) is 70.3 Å². The van der Waals surface area contributed by atoms with Crippen LogP contribution in [0.15, 0.2) is 129 Å². The molecule has 0 aromatic carbocycles. The summed E-state index contributed by atoms with van der Waals surface area (Å²) in [6.45, 7) is 7.83. The van der Waals surface area contributed by atoms with E-state index in [9.17, 15) is 65.3 Å². The molecule has 4 aliphatic rings. The standard InChI is InChI=1S/2C21H20N6O5S2.C2HF3O2.CHF3O3S/c2*1-2-8-32-25-15(12-10-34-21(22)23-12)18(28)24-16-13-11-33-14(9-26-6-4-3-5-7-26)17(20(30)31)27(13)19(16)29;3-2(4,5)1(6)7;2-1(3,4)8(5,6)7/h2*2-7,10,13,16H,1,8-9,11H2,(H3-,22,23,24,28,30,31);(H,6,7);(H,5,6,7). The molecule has 4 aliphatic heterocycles. The maximum Gasteiger partial charge on any atom is 0.485 e. The lowest BCUT2D eigenvalue weighted by molar-refractivity contribution is -0.688. The predicted molar refractivity (Wildman–Crippen MR) is 278 cm³/mol. The third kappa shape index (κ3) is 17.1. The number of hydrogen-bond acceptors (Lipinski definition) is 23. The third-order valence-electron chi connectivity index (χ3n) is 10.7. The molecule has 0 bridgehead atoms. The largest absolute Gasteiger partial charge is 0.741 e. The fourth-order valence-electron chi connectivity index (χ4n) is 7.10. The molecule has 8 N–H and O–H groups in total. The highest BCUT2D eigenvalue weighted by Crippen LogP contribution is 2.40. The summed E-state index contributed by atoms with van der Waals surface area (Å²) in [4.78, 5) is 107. The van der Waals surface area contributed by atoms with Gasteiger partial charge in [0.2, 0.25) is 0 Å². The molecule has 4 atom stereocenters. The molecule has 0 aliphatic carbocycles. The Balaban J connectivity index is 0.000000244. The first-order valence-electron chi connectivity index (χ1n) is 22.7. The Hall–Kier alpha value is -8.46. The zero-order valence-electron chi connectivity index (χ0n) is 41.8. The number of aliphatic carboxylic acids is 3. The summed E-state index contributed by atoms with van der Waals surface area (Å²) < 4.78 is 94.1. The second kappa shape index (κ2) is 28.5. The first kappa shape index (κ1) is 65.4. The first-order valence-corrected chi connectivity index (χ1v) is 27.8. The average Bonchev–Trinajstić information content (AvgIpc) is 1.86. The van der Waals surface area contributed by atoms with Crippen LogP contribution in [0.2, 0.25) is 0 Å². The predicted octanol–water partition coefficient (Wildman–Crippen LogP) is 0.0666. The van der Waals surface area contributed by atoms with E-state index >= 15 is 0 Å². The van der Waals surface area contributed by atoms with E-state index in [-0.39, 0.29) is 57.7 Å². The van der Waals surface area contributed by atoms with Crippen molar-refractivity contribution in [3.8, 4) is 0 Å². The normalized spacial score (nSPS) is 18.5. The minimum Gasteiger partial charge on any atom is -0.741 e. The Bertz CT molecular complexity index is 3180. The highest BCUT2D eigenvalue weighted by Gasteiger charge is 2.56. The van der Waals surface area contributed by atoms with E-state index < -0.39 is 87.5 Å². The number of carboxylic acids is 3. The molecular formula is C45H42F6N12O15S5. The van der Waals surface area contributed by atoms with Crippen LogP contribution in [0.5, 0.6) is 0 Å². The van der Waals surface area contributed by atoms with E-state index in [0.29, 0.717) is 34.4 Å². The van der Waals surface area contributed by atoms with E-state index in [2.05, 4.69) is 44.1 Å². The Morgan fingerprint density at radius 1 is 0.723 bits per heavy atom. The van der Waals surface area contributed by atoms with Crippen molar-refractivity contribution < 1.29 is 107 Å². The zero-order valence-corrected chi connectivity index (χ0v) is 45.9. The number of anilines is 2. The minimum atomic E-state index is -6.09. The molecule has 444 valence electrons. The van der Waals surface area contributed by atoms with Crippen molar-refractivity contribution in [1.29, 1.82) is 0 Å². The molecule has 27 nitrogen and oxygen atoms in total. The fourth-order valence-corrected chi connectivity index (χ4v) is 10.8. The van der Waals surface area contributed by atoms with Crippen LogP contribution < -0.4 is 36.3 Å². The van der Waals surface area contributed by atoms with Gasteiger partial charge < -0.3 is 56.4 Å². The van der Waals surface area contributed by atoms with Gasteiger partial charge in [-0.15, -0.1) is 46.2 Å². The minimum absolute atomic E-state index is 0.0661. The van der Waals surface area contributed by atoms with Crippen LogP contribution in [0, 0.1) is 0 Å². The quantitative estimate of drug-likeness (QED) is 0.00883. The number of nitrogens with one attached hydrogen (secondary N) is 2. The number of nitrogens with two attached hydrogens (primary N) is 2. The van der Waals surface area contributed by atoms with Crippen LogP contribution >= 0.6 is 46.2 Å². The van der Waals surface area contributed by atoms with Gasteiger partial charge in [-0.1, -0.05) is 47.8 Å². The van der Waals surface area contributed by atoms with E-state index in [4.69, 9.17) is 44.0 Å². The molecule has 4 amide bonds. The molecule has 0 spiro atoms. The lowest BCUT2D eigenvalue weighted by Crippen LogP contribution is -2.73. The number of hydrogen-bond donors (Lipinski definition) is 6. The molecule has 2 saturated heterocycles. The number of carbonyl (C=O) groups is 7. The maximum atomic E-state index is 13.0. The highest BCUT2D eigenvalue weighted by atomic mass is 32.2. The highest BCUT2D eigenvalue weighted by molar-refractivity contribution is 8.03. The molecule has 83 heavy (non-hydrogen) atoms. The van der Waals surface area contributed by atoms with E-state index in [1.165, 1.54) is 45.5 Å². The van der Waals surface area contributed by atoms with Crippen LogP contribution in [0.25, 0.3) is 0 Å². The Labute approximate surface area is 480 Å². The van der Waals surface area contributed by atoms with Crippen LogP contribution in [-0.2, 0) is 66.4 Å². The van der Waals surface area contributed by atoms with Gasteiger partial charge in [-0.05, 0) is 0 Å². The number of nitrogens with zero attached hydrogens (tertiary/aromatic N) is 8. The molecule has 4 aromatic rings. The van der Waals surface area contributed by atoms with Crippen molar-refractivity contribution >= 4 is 120 Å². The van der Waals surface area contributed by atoms with E-state index in [0.717, 1.165) is 22.7 Å². The number of β-lactam (4-membered cyclic amide) rings is 2. The summed E-state index contributed by atoms with van der Waals surface area (Å²) >= 11 is 4.97. The van der Waals surface area contributed by atoms with Crippen molar-refractivity contribution in [2.45, 2.75) is 48.9 Å². The van der Waals surface area contributed by atoms with Crippen molar-refractivity contribution in [1.82, 2.24) is 30.4 Å². The van der Waals surface area contributed by atoms with Crippen molar-refractivity contribution in [3.63, 3.8) is 0 Å². The molecular weight excluding hydrogens is 1220 g/mol. The van der Waals surface area contributed by atoms with Gasteiger partial charge in [-0.2, -0.15) is 26.3 Å². The summed E-state index contributed by atoms with van der Waals surface area (Å²) in [5.41, 5.74) is 5.70. The number of amides is 4. The lowest BCUT2D eigenvalue weighted by Gasteiger charge is -2.49. The molecule has 38 heteroatoms. The third-order valence-corrected chi connectivity index (χ3v) is 14.9. The molecule has 4 unspecified atom stereocenters. The number of carboxylic acid groups (broad SMARTS) is 3. The second-order valence-corrected chi connectivity index (χ2v) is 21.6. The number of pyridine rings is 2. The number of thioether (sulfide) groups is 2. The monoisotopic (exact) mass is 1260 g/mol. The maximum absolute atomic E-state index is 13.0. The number of carbonyl (C=O) groups excluding carboxylic acids is 5. The summed E-state index contributed by atoms with van der Waals surface area (Å²) in [6, 6.07) is 8.26. The van der Waals surface area contributed by atoms with Crippen molar-refractivity contribution in [3.05, 3.63) is 130 Å². The second-order valence-electron chi connectivity index (χ2n) is 16.2. The van der Waals surface area contributed by atoms with Crippen molar-refractivity contribution in [2.24, 2.45) is 10.3 Å². The summed E-state index contributed by atoms with van der Waals surface area (Å²) in [5, 5.41) is 45.0. The number of allylic oxidation sites excluding steroid dienone is 2. The SMILES string of the molecule is C=CCON=C(C(=O)NC1C(=O)N2C(C(=O)O)=C(C[n+]3ccccc3)SCC12)c1csc(N)n1.C=CCON=C(C(=O)NC1C(=O)N2C(C(=O)O)=C(C[n+]3ccccc3)SCC12)c1csc(N)n1.O=C([O-])C(F)(F)F.O=S(=O)([O-])C(F)(F)F. The summed E-state index contributed by atoms with van der Waals surface area (Å²) in [7, 11) is -6.09. The van der Waals surface area contributed by atoms with Gasteiger partial charge in [0.15, 0.2) is 69.7 Å². The Kier molecular flexibility index (Phi) is 22.4. The average molecular weight is 1270 g/mol. The van der Waals surface area contributed by atoms with Crippen molar-refractivity contribution in [2.75, 3.05) is 36.2 Å².